The van der Waals surface area contributed by atoms with E-state index in [-0.39, 0.29) is 12.7 Å². The second kappa shape index (κ2) is 8.21. The summed E-state index contributed by atoms with van der Waals surface area (Å²) in [7, 11) is 0. The molecule has 30 heavy (non-hydrogen) atoms. The van der Waals surface area contributed by atoms with Crippen molar-refractivity contribution in [3.63, 3.8) is 0 Å². The molecule has 5 heteroatoms. The summed E-state index contributed by atoms with van der Waals surface area (Å²) in [5.74, 6) is 1.65. The molecule has 5 rings (SSSR count). The van der Waals surface area contributed by atoms with Gasteiger partial charge in [-0.15, -0.1) is 0 Å². The predicted molar refractivity (Wildman–Crippen MR) is 117 cm³/mol. The molecule has 1 saturated carbocycles. The first-order valence-corrected chi connectivity index (χ1v) is 11.3. The number of amides is 1. The SMILES string of the molecule is O=C(NCc1ccc(N2CCCC2)cc1)C1(c2ccc3c(c2)OCO3)CCCCC1. The number of hydrogen-bond acceptors (Lipinski definition) is 4. The highest BCUT2D eigenvalue weighted by atomic mass is 16.7. The Kier molecular flexibility index (Phi) is 5.28. The molecule has 2 aliphatic heterocycles. The van der Waals surface area contributed by atoms with Crippen LogP contribution in [0.15, 0.2) is 42.5 Å². The van der Waals surface area contributed by atoms with Crippen LogP contribution in [0.5, 0.6) is 11.5 Å². The lowest BCUT2D eigenvalue weighted by molar-refractivity contribution is -0.128. The maximum Gasteiger partial charge on any atom is 0.231 e. The minimum Gasteiger partial charge on any atom is -0.454 e. The molecule has 3 aliphatic rings. The molecular formula is C25H30N2O3. The van der Waals surface area contributed by atoms with Crippen molar-refractivity contribution in [2.24, 2.45) is 0 Å². The number of rotatable bonds is 5. The van der Waals surface area contributed by atoms with Crippen LogP contribution in [0.4, 0.5) is 5.69 Å². The van der Waals surface area contributed by atoms with Crippen molar-refractivity contribution >= 4 is 11.6 Å². The topological polar surface area (TPSA) is 50.8 Å². The minimum absolute atomic E-state index is 0.129. The van der Waals surface area contributed by atoms with Crippen LogP contribution in [0.3, 0.4) is 0 Å². The summed E-state index contributed by atoms with van der Waals surface area (Å²) in [6.45, 7) is 3.11. The molecule has 2 heterocycles. The smallest absolute Gasteiger partial charge is 0.231 e. The normalized spacial score (nSPS) is 19.7. The number of carbonyl (C=O) groups excluding carboxylic acids is 1. The Labute approximate surface area is 178 Å². The van der Waals surface area contributed by atoms with Crippen LogP contribution in [-0.4, -0.2) is 25.8 Å². The molecule has 1 amide bonds. The molecule has 0 radical (unpaired) electrons. The molecule has 1 aliphatic carbocycles. The first-order chi connectivity index (χ1) is 14.7. The lowest BCUT2D eigenvalue weighted by atomic mass is 9.68. The molecule has 2 aromatic rings. The van der Waals surface area contributed by atoms with Crippen LogP contribution >= 0.6 is 0 Å². The largest absolute Gasteiger partial charge is 0.454 e. The lowest BCUT2D eigenvalue weighted by Crippen LogP contribution is -2.45. The third-order valence-corrected chi connectivity index (χ3v) is 6.93. The van der Waals surface area contributed by atoms with Crippen molar-refractivity contribution in [3.05, 3.63) is 53.6 Å². The fraction of sp³-hybridized carbons (Fsp3) is 0.480. The number of fused-ring (bicyclic) bond motifs is 1. The van der Waals surface area contributed by atoms with Crippen LogP contribution in [0.25, 0.3) is 0 Å². The van der Waals surface area contributed by atoms with Gasteiger partial charge in [-0.1, -0.05) is 37.5 Å². The summed E-state index contributed by atoms with van der Waals surface area (Å²) in [4.78, 5) is 15.9. The minimum atomic E-state index is -0.477. The number of nitrogens with zero attached hydrogens (tertiary/aromatic N) is 1. The van der Waals surface area contributed by atoms with E-state index in [1.807, 2.05) is 18.2 Å². The third kappa shape index (κ3) is 3.62. The highest BCUT2D eigenvalue weighted by Gasteiger charge is 2.41. The molecule has 0 bridgehead atoms. The van der Waals surface area contributed by atoms with Gasteiger partial charge in [0.2, 0.25) is 12.7 Å². The Hall–Kier alpha value is -2.69. The molecule has 0 spiro atoms. The molecule has 1 saturated heterocycles. The summed E-state index contributed by atoms with van der Waals surface area (Å²) in [5.41, 5.74) is 3.00. The van der Waals surface area contributed by atoms with E-state index in [0.717, 1.165) is 61.4 Å². The second-order valence-electron chi connectivity index (χ2n) is 8.75. The van der Waals surface area contributed by atoms with Gasteiger partial charge in [0.05, 0.1) is 5.41 Å². The molecule has 2 aromatic carbocycles. The molecule has 0 atom stereocenters. The average Bonchev–Trinajstić information content (AvgIpc) is 3.50. The van der Waals surface area contributed by atoms with Gasteiger partial charge in [-0.3, -0.25) is 4.79 Å². The Bertz CT molecular complexity index is 897. The van der Waals surface area contributed by atoms with Crippen LogP contribution in [-0.2, 0) is 16.8 Å². The van der Waals surface area contributed by atoms with Gasteiger partial charge in [-0.05, 0) is 61.1 Å². The Morgan fingerprint density at radius 2 is 1.63 bits per heavy atom. The lowest BCUT2D eigenvalue weighted by Gasteiger charge is -2.36. The van der Waals surface area contributed by atoms with Crippen LogP contribution in [0, 0.1) is 0 Å². The van der Waals surface area contributed by atoms with E-state index in [2.05, 4.69) is 34.5 Å². The first-order valence-electron chi connectivity index (χ1n) is 11.3. The van der Waals surface area contributed by atoms with Crippen molar-refractivity contribution in [1.29, 1.82) is 0 Å². The van der Waals surface area contributed by atoms with Gasteiger partial charge < -0.3 is 19.7 Å². The summed E-state index contributed by atoms with van der Waals surface area (Å²) in [6.07, 6.45) is 7.66. The molecular weight excluding hydrogens is 376 g/mol. The zero-order valence-corrected chi connectivity index (χ0v) is 17.5. The number of nitrogens with one attached hydrogen (secondary N) is 1. The Balaban J connectivity index is 1.31. The van der Waals surface area contributed by atoms with Gasteiger partial charge in [-0.2, -0.15) is 0 Å². The van der Waals surface area contributed by atoms with E-state index in [1.165, 1.54) is 24.9 Å². The Morgan fingerprint density at radius 1 is 0.900 bits per heavy atom. The third-order valence-electron chi connectivity index (χ3n) is 6.93. The number of hydrogen-bond donors (Lipinski definition) is 1. The highest BCUT2D eigenvalue weighted by molar-refractivity contribution is 5.88. The molecule has 0 unspecified atom stereocenters. The zero-order chi connectivity index (χ0) is 20.4. The number of carbonyl (C=O) groups is 1. The monoisotopic (exact) mass is 406 g/mol. The summed E-state index contributed by atoms with van der Waals surface area (Å²) < 4.78 is 11.0. The fourth-order valence-corrected chi connectivity index (χ4v) is 5.15. The van der Waals surface area contributed by atoms with E-state index < -0.39 is 5.41 Å². The number of benzene rings is 2. The number of ether oxygens (including phenoxy) is 2. The second-order valence-corrected chi connectivity index (χ2v) is 8.75. The predicted octanol–water partition coefficient (Wildman–Crippen LogP) is 4.53. The summed E-state index contributed by atoms with van der Waals surface area (Å²) >= 11 is 0. The molecule has 0 aromatic heterocycles. The maximum atomic E-state index is 13.5. The van der Waals surface area contributed by atoms with Gasteiger partial charge >= 0.3 is 0 Å². The van der Waals surface area contributed by atoms with Crippen LogP contribution in [0.2, 0.25) is 0 Å². The summed E-state index contributed by atoms with van der Waals surface area (Å²) in [5, 5.41) is 3.24. The summed E-state index contributed by atoms with van der Waals surface area (Å²) in [6, 6.07) is 14.6. The molecule has 2 fully saturated rings. The molecule has 1 N–H and O–H groups in total. The van der Waals surface area contributed by atoms with E-state index in [4.69, 9.17) is 9.47 Å². The van der Waals surface area contributed by atoms with Crippen molar-refractivity contribution in [2.45, 2.75) is 56.9 Å². The first kappa shape index (κ1) is 19.3. The average molecular weight is 407 g/mol. The van der Waals surface area contributed by atoms with Crippen molar-refractivity contribution in [1.82, 2.24) is 5.32 Å². The van der Waals surface area contributed by atoms with Crippen molar-refractivity contribution in [3.8, 4) is 11.5 Å². The quantitative estimate of drug-likeness (QED) is 0.792. The van der Waals surface area contributed by atoms with Crippen LogP contribution in [0.1, 0.15) is 56.1 Å². The maximum absolute atomic E-state index is 13.5. The number of anilines is 1. The Morgan fingerprint density at radius 3 is 2.40 bits per heavy atom. The highest BCUT2D eigenvalue weighted by Crippen LogP contribution is 2.43. The molecule has 5 nitrogen and oxygen atoms in total. The van der Waals surface area contributed by atoms with Gasteiger partial charge in [0, 0.05) is 25.3 Å². The van der Waals surface area contributed by atoms with E-state index in [9.17, 15) is 4.79 Å². The standard InChI is InChI=1S/C25H30N2O3/c28-24(26-17-19-6-9-21(10-7-19)27-14-4-5-15-27)25(12-2-1-3-13-25)20-8-11-22-23(16-20)30-18-29-22/h6-11,16H,1-5,12-15,17-18H2,(H,26,28). The van der Waals surface area contributed by atoms with Crippen LogP contribution < -0.4 is 19.7 Å². The fourth-order valence-electron chi connectivity index (χ4n) is 5.15. The van der Waals surface area contributed by atoms with Gasteiger partial charge in [0.15, 0.2) is 11.5 Å². The zero-order valence-electron chi connectivity index (χ0n) is 17.5. The van der Waals surface area contributed by atoms with Gasteiger partial charge in [0.1, 0.15) is 0 Å². The van der Waals surface area contributed by atoms with Gasteiger partial charge in [-0.25, -0.2) is 0 Å². The van der Waals surface area contributed by atoms with E-state index in [1.54, 1.807) is 0 Å². The molecule has 158 valence electrons. The van der Waals surface area contributed by atoms with E-state index >= 15 is 0 Å². The van der Waals surface area contributed by atoms with E-state index in [0.29, 0.717) is 6.54 Å². The van der Waals surface area contributed by atoms with Gasteiger partial charge in [0.25, 0.3) is 0 Å². The van der Waals surface area contributed by atoms with Crippen molar-refractivity contribution < 1.29 is 14.3 Å². The van der Waals surface area contributed by atoms with Crippen molar-refractivity contribution in [2.75, 3.05) is 24.8 Å².